The fourth-order valence-corrected chi connectivity index (χ4v) is 4.40. The van der Waals surface area contributed by atoms with Gasteiger partial charge in [0.1, 0.15) is 5.75 Å². The molecule has 4 rings (SSSR count). The maximum Gasteiger partial charge on any atom is 0.129 e. The lowest BCUT2D eigenvalue weighted by atomic mass is 9.80. The van der Waals surface area contributed by atoms with Crippen molar-refractivity contribution in [2.45, 2.75) is 32.4 Å². The fraction of sp³-hybridized carbons (Fsp3) is 0.368. The molecule has 0 aromatic heterocycles. The van der Waals surface area contributed by atoms with Gasteiger partial charge in [0.2, 0.25) is 0 Å². The third-order valence-electron chi connectivity index (χ3n) is 5.01. The van der Waals surface area contributed by atoms with Crippen LogP contribution in [-0.4, -0.2) is 11.7 Å². The van der Waals surface area contributed by atoms with E-state index in [1.807, 2.05) is 12.1 Å². The molecule has 0 saturated carbocycles. The molecule has 0 spiro atoms. The molecular weight excluding hydrogens is 354 g/mol. The molecule has 120 valence electrons. The van der Waals surface area contributed by atoms with Crippen molar-refractivity contribution in [3.8, 4) is 5.75 Å². The molecular formula is C19H20BrNO2. The van der Waals surface area contributed by atoms with Crippen LogP contribution in [0.25, 0.3) is 0 Å². The zero-order valence-corrected chi connectivity index (χ0v) is 14.9. The molecule has 2 heterocycles. The van der Waals surface area contributed by atoms with E-state index in [0.29, 0.717) is 5.92 Å². The molecule has 3 atom stereocenters. The monoisotopic (exact) mass is 373 g/mol. The Morgan fingerprint density at radius 2 is 2.04 bits per heavy atom. The third kappa shape index (κ3) is 2.45. The first-order valence-corrected chi connectivity index (χ1v) is 8.81. The number of aryl methyl sites for hydroxylation is 2. The summed E-state index contributed by atoms with van der Waals surface area (Å²) in [6.45, 7) is 5.09. The highest BCUT2D eigenvalue weighted by Gasteiger charge is 2.42. The van der Waals surface area contributed by atoms with Gasteiger partial charge in [0, 0.05) is 23.8 Å². The van der Waals surface area contributed by atoms with E-state index < -0.39 is 0 Å². The van der Waals surface area contributed by atoms with Gasteiger partial charge >= 0.3 is 0 Å². The number of nitrogens with one attached hydrogen (secondary N) is 1. The van der Waals surface area contributed by atoms with Crippen LogP contribution in [0.3, 0.4) is 0 Å². The number of ether oxygens (including phenoxy) is 1. The fourth-order valence-electron chi connectivity index (χ4n) is 4.00. The topological polar surface area (TPSA) is 41.5 Å². The zero-order chi connectivity index (χ0) is 16.1. The van der Waals surface area contributed by atoms with Crippen LogP contribution < -0.4 is 5.32 Å². The van der Waals surface area contributed by atoms with Gasteiger partial charge in [-0.05, 0) is 59.5 Å². The summed E-state index contributed by atoms with van der Waals surface area (Å²) in [4.78, 5) is 0. The number of benzene rings is 2. The van der Waals surface area contributed by atoms with E-state index in [1.165, 1.54) is 27.9 Å². The zero-order valence-electron chi connectivity index (χ0n) is 13.3. The molecule has 1 saturated heterocycles. The van der Waals surface area contributed by atoms with E-state index in [4.69, 9.17) is 4.74 Å². The lowest BCUT2D eigenvalue weighted by Crippen LogP contribution is -2.29. The van der Waals surface area contributed by atoms with Gasteiger partial charge in [0.25, 0.3) is 0 Å². The predicted octanol–water partition coefficient (Wildman–Crippen LogP) is 5.02. The van der Waals surface area contributed by atoms with Crippen molar-refractivity contribution in [2.75, 3.05) is 11.9 Å². The van der Waals surface area contributed by atoms with Gasteiger partial charge in [0.15, 0.2) is 0 Å². The van der Waals surface area contributed by atoms with Crippen molar-refractivity contribution >= 4 is 21.6 Å². The first-order valence-electron chi connectivity index (χ1n) is 8.02. The van der Waals surface area contributed by atoms with Gasteiger partial charge in [-0.25, -0.2) is 0 Å². The summed E-state index contributed by atoms with van der Waals surface area (Å²) in [6.07, 6.45) is 1.20. The maximum atomic E-state index is 9.77. The first-order chi connectivity index (χ1) is 11.0. The molecule has 23 heavy (non-hydrogen) atoms. The number of anilines is 1. The Morgan fingerprint density at radius 3 is 2.83 bits per heavy atom. The van der Waals surface area contributed by atoms with Gasteiger partial charge in [-0.2, -0.15) is 0 Å². The van der Waals surface area contributed by atoms with Crippen LogP contribution in [0.1, 0.15) is 40.8 Å². The minimum Gasteiger partial charge on any atom is -0.507 e. The van der Waals surface area contributed by atoms with E-state index in [2.05, 4.69) is 47.2 Å². The standard InChI is InChI=1S/C19H20BrNO2/c1-10-7-11(2)17-14(8-10)19-13(5-6-23-19)18(21-17)12-3-4-16(22)15(20)9-12/h3-4,7-9,13,18-19,21-22H,5-6H2,1-2H3/t13-,18?,19-/m0/s1. The van der Waals surface area contributed by atoms with Crippen LogP contribution in [0.5, 0.6) is 5.75 Å². The maximum absolute atomic E-state index is 9.77. The Hall–Kier alpha value is -1.52. The van der Waals surface area contributed by atoms with Crippen LogP contribution in [0.4, 0.5) is 5.69 Å². The number of hydrogen-bond donors (Lipinski definition) is 2. The second-order valence-electron chi connectivity index (χ2n) is 6.62. The summed E-state index contributed by atoms with van der Waals surface area (Å²) in [5.74, 6) is 0.691. The Morgan fingerprint density at radius 1 is 1.22 bits per heavy atom. The second kappa shape index (κ2) is 5.53. The lowest BCUT2D eigenvalue weighted by molar-refractivity contribution is 0.0828. The van der Waals surface area contributed by atoms with Gasteiger partial charge in [-0.1, -0.05) is 23.8 Å². The van der Waals surface area contributed by atoms with E-state index >= 15 is 0 Å². The molecule has 0 aliphatic carbocycles. The van der Waals surface area contributed by atoms with Gasteiger partial charge < -0.3 is 15.2 Å². The normalized spacial score (nSPS) is 25.6. The molecule has 4 heteroatoms. The lowest BCUT2D eigenvalue weighted by Gasteiger charge is -2.37. The van der Waals surface area contributed by atoms with Gasteiger partial charge in [-0.15, -0.1) is 0 Å². The summed E-state index contributed by atoms with van der Waals surface area (Å²) < 4.78 is 6.83. The van der Waals surface area contributed by atoms with Crippen LogP contribution >= 0.6 is 15.9 Å². The van der Waals surface area contributed by atoms with E-state index in [0.717, 1.165) is 17.5 Å². The Bertz CT molecular complexity index is 774. The molecule has 2 aliphatic heterocycles. The largest absolute Gasteiger partial charge is 0.507 e. The smallest absolute Gasteiger partial charge is 0.129 e. The van der Waals surface area contributed by atoms with Crippen LogP contribution in [0, 0.1) is 19.8 Å². The molecule has 1 unspecified atom stereocenters. The van der Waals surface area contributed by atoms with E-state index in [9.17, 15) is 5.11 Å². The Kier molecular flexibility index (Phi) is 3.62. The van der Waals surface area contributed by atoms with Crippen molar-refractivity contribution < 1.29 is 9.84 Å². The molecule has 0 bridgehead atoms. The quantitative estimate of drug-likeness (QED) is 0.737. The number of aromatic hydroxyl groups is 1. The predicted molar refractivity (Wildman–Crippen MR) is 94.9 cm³/mol. The molecule has 2 aliphatic rings. The molecule has 2 aromatic carbocycles. The average Bonchev–Trinajstić information content (AvgIpc) is 2.99. The Labute approximate surface area is 144 Å². The van der Waals surface area contributed by atoms with Crippen molar-refractivity contribution in [3.05, 3.63) is 57.1 Å². The second-order valence-corrected chi connectivity index (χ2v) is 7.48. The van der Waals surface area contributed by atoms with Crippen LogP contribution in [0.15, 0.2) is 34.8 Å². The molecule has 1 fully saturated rings. The molecule has 0 amide bonds. The first kappa shape index (κ1) is 15.0. The van der Waals surface area contributed by atoms with E-state index in [-0.39, 0.29) is 17.9 Å². The van der Waals surface area contributed by atoms with Crippen molar-refractivity contribution in [3.63, 3.8) is 0 Å². The van der Waals surface area contributed by atoms with E-state index in [1.54, 1.807) is 6.07 Å². The highest BCUT2D eigenvalue weighted by atomic mass is 79.9. The minimum absolute atomic E-state index is 0.155. The number of rotatable bonds is 1. The molecule has 2 N–H and O–H groups in total. The Balaban J connectivity index is 1.82. The molecule has 2 aromatic rings. The van der Waals surface area contributed by atoms with Crippen molar-refractivity contribution in [1.29, 1.82) is 0 Å². The highest BCUT2D eigenvalue weighted by molar-refractivity contribution is 9.10. The number of phenolic OH excluding ortho intramolecular Hbond substituents is 1. The van der Waals surface area contributed by atoms with Gasteiger partial charge in [0.05, 0.1) is 16.6 Å². The number of fused-ring (bicyclic) bond motifs is 3. The third-order valence-corrected chi connectivity index (χ3v) is 5.65. The minimum atomic E-state index is 0.155. The number of phenols is 1. The average molecular weight is 374 g/mol. The SMILES string of the molecule is Cc1cc(C)c2c(c1)[C@H]1OCC[C@H]1C(c1ccc(O)c(Br)c1)N2. The summed E-state index contributed by atoms with van der Waals surface area (Å²) >= 11 is 3.43. The number of hydrogen-bond acceptors (Lipinski definition) is 3. The number of halogens is 1. The molecule has 0 radical (unpaired) electrons. The summed E-state index contributed by atoms with van der Waals surface area (Å²) in [5.41, 5.74) is 6.22. The summed E-state index contributed by atoms with van der Waals surface area (Å²) in [5, 5.41) is 13.5. The highest BCUT2D eigenvalue weighted by Crippen LogP contribution is 2.51. The van der Waals surface area contributed by atoms with Crippen molar-refractivity contribution in [1.82, 2.24) is 0 Å². The summed E-state index contributed by atoms with van der Waals surface area (Å²) in [6, 6.07) is 10.4. The summed E-state index contributed by atoms with van der Waals surface area (Å²) in [7, 11) is 0. The van der Waals surface area contributed by atoms with Crippen LogP contribution in [-0.2, 0) is 4.74 Å². The van der Waals surface area contributed by atoms with Gasteiger partial charge in [-0.3, -0.25) is 0 Å². The molecule has 3 nitrogen and oxygen atoms in total. The van der Waals surface area contributed by atoms with Crippen LogP contribution in [0.2, 0.25) is 0 Å². The van der Waals surface area contributed by atoms with Crippen molar-refractivity contribution in [2.24, 2.45) is 5.92 Å².